The first-order valence-corrected chi connectivity index (χ1v) is 5.60. The molecule has 2 N–H and O–H groups in total. The van der Waals surface area contributed by atoms with Crippen molar-refractivity contribution in [2.75, 3.05) is 31.6 Å². The Morgan fingerprint density at radius 1 is 1.59 bits per heavy atom. The third kappa shape index (κ3) is 2.52. The van der Waals surface area contributed by atoms with Gasteiger partial charge < -0.3 is 15.4 Å². The average molecular weight is 236 g/mol. The molecule has 1 fully saturated rings. The standard InChI is InChI=1S/C11H16N4O2/c1-17-11(16)9-5-14-10(6-13-9)15-3-2-8(4-12)7-15/h5-6,8H,2-4,7,12H2,1H3. The van der Waals surface area contributed by atoms with Gasteiger partial charge in [0.15, 0.2) is 5.69 Å². The maximum Gasteiger partial charge on any atom is 0.358 e. The summed E-state index contributed by atoms with van der Waals surface area (Å²) >= 11 is 0. The maximum atomic E-state index is 11.2. The van der Waals surface area contributed by atoms with Gasteiger partial charge in [0, 0.05) is 13.1 Å². The molecule has 1 aliphatic heterocycles. The highest BCUT2D eigenvalue weighted by Gasteiger charge is 2.22. The van der Waals surface area contributed by atoms with Crippen LogP contribution < -0.4 is 10.6 Å². The summed E-state index contributed by atoms with van der Waals surface area (Å²) in [6.07, 6.45) is 4.12. The van der Waals surface area contributed by atoms with Crippen LogP contribution in [0.2, 0.25) is 0 Å². The Labute approximate surface area is 99.8 Å². The van der Waals surface area contributed by atoms with Crippen molar-refractivity contribution in [2.24, 2.45) is 11.7 Å². The molecule has 0 radical (unpaired) electrons. The van der Waals surface area contributed by atoms with E-state index >= 15 is 0 Å². The number of hydrogen-bond donors (Lipinski definition) is 1. The SMILES string of the molecule is COC(=O)c1cnc(N2CCC(CN)C2)cn1. The molecular formula is C11H16N4O2. The van der Waals surface area contributed by atoms with E-state index in [2.05, 4.69) is 19.6 Å². The van der Waals surface area contributed by atoms with Crippen LogP contribution in [-0.2, 0) is 4.74 Å². The number of esters is 1. The minimum atomic E-state index is -0.467. The summed E-state index contributed by atoms with van der Waals surface area (Å²) in [7, 11) is 1.32. The van der Waals surface area contributed by atoms with Crippen molar-refractivity contribution in [1.29, 1.82) is 0 Å². The molecule has 1 saturated heterocycles. The first-order valence-electron chi connectivity index (χ1n) is 5.60. The normalized spacial score (nSPS) is 19.4. The highest BCUT2D eigenvalue weighted by atomic mass is 16.5. The van der Waals surface area contributed by atoms with E-state index in [1.54, 1.807) is 6.20 Å². The van der Waals surface area contributed by atoms with E-state index in [0.29, 0.717) is 12.5 Å². The van der Waals surface area contributed by atoms with Crippen LogP contribution in [0.1, 0.15) is 16.9 Å². The third-order valence-electron chi connectivity index (χ3n) is 2.98. The van der Waals surface area contributed by atoms with Gasteiger partial charge in [-0.1, -0.05) is 0 Å². The van der Waals surface area contributed by atoms with Crippen molar-refractivity contribution in [2.45, 2.75) is 6.42 Å². The van der Waals surface area contributed by atoms with E-state index < -0.39 is 5.97 Å². The number of aromatic nitrogens is 2. The van der Waals surface area contributed by atoms with Gasteiger partial charge in [0.05, 0.1) is 19.5 Å². The predicted octanol–water partition coefficient (Wildman–Crippen LogP) is 0.0482. The first-order chi connectivity index (χ1) is 8.24. The van der Waals surface area contributed by atoms with Gasteiger partial charge in [-0.2, -0.15) is 0 Å². The number of carbonyl (C=O) groups excluding carboxylic acids is 1. The molecule has 1 unspecified atom stereocenters. The van der Waals surface area contributed by atoms with Gasteiger partial charge in [0.25, 0.3) is 0 Å². The highest BCUT2D eigenvalue weighted by molar-refractivity contribution is 5.86. The minimum Gasteiger partial charge on any atom is -0.464 e. The molecule has 0 saturated carbocycles. The van der Waals surface area contributed by atoms with Crippen molar-refractivity contribution in [3.63, 3.8) is 0 Å². The van der Waals surface area contributed by atoms with Crippen LogP contribution in [0.15, 0.2) is 12.4 Å². The lowest BCUT2D eigenvalue weighted by molar-refractivity contribution is 0.0593. The van der Waals surface area contributed by atoms with Crippen LogP contribution in [0.5, 0.6) is 0 Å². The Kier molecular flexibility index (Phi) is 3.53. The molecule has 1 atom stereocenters. The summed E-state index contributed by atoms with van der Waals surface area (Å²) in [6, 6.07) is 0. The minimum absolute atomic E-state index is 0.228. The van der Waals surface area contributed by atoms with Crippen LogP contribution in [0.4, 0.5) is 5.82 Å². The van der Waals surface area contributed by atoms with Gasteiger partial charge in [0.2, 0.25) is 0 Å². The van der Waals surface area contributed by atoms with Crippen LogP contribution >= 0.6 is 0 Å². The van der Waals surface area contributed by atoms with Crippen molar-refractivity contribution in [3.05, 3.63) is 18.1 Å². The van der Waals surface area contributed by atoms with Gasteiger partial charge in [-0.25, -0.2) is 14.8 Å². The Morgan fingerprint density at radius 2 is 2.41 bits per heavy atom. The molecule has 1 aromatic rings. The Bertz CT molecular complexity index is 393. The Hall–Kier alpha value is -1.69. The molecule has 1 aliphatic rings. The summed E-state index contributed by atoms with van der Waals surface area (Å²) in [5.41, 5.74) is 5.86. The van der Waals surface area contributed by atoms with Crippen LogP contribution in [0.25, 0.3) is 0 Å². The number of hydrogen-bond acceptors (Lipinski definition) is 6. The monoisotopic (exact) mass is 236 g/mol. The molecule has 17 heavy (non-hydrogen) atoms. The zero-order valence-electron chi connectivity index (χ0n) is 9.80. The number of anilines is 1. The van der Waals surface area contributed by atoms with E-state index in [9.17, 15) is 4.79 Å². The lowest BCUT2D eigenvalue weighted by Gasteiger charge is -2.16. The summed E-state index contributed by atoms with van der Waals surface area (Å²) < 4.78 is 4.56. The second-order valence-corrected chi connectivity index (χ2v) is 4.09. The second kappa shape index (κ2) is 5.09. The highest BCUT2D eigenvalue weighted by Crippen LogP contribution is 2.20. The molecule has 2 heterocycles. The van der Waals surface area contributed by atoms with Crippen molar-refractivity contribution in [3.8, 4) is 0 Å². The van der Waals surface area contributed by atoms with Gasteiger partial charge >= 0.3 is 5.97 Å². The second-order valence-electron chi connectivity index (χ2n) is 4.09. The lowest BCUT2D eigenvalue weighted by Crippen LogP contribution is -2.23. The summed E-state index contributed by atoms with van der Waals surface area (Å²) in [5.74, 6) is 0.844. The van der Waals surface area contributed by atoms with Crippen molar-refractivity contribution in [1.82, 2.24) is 9.97 Å². The van der Waals surface area contributed by atoms with Crippen LogP contribution in [-0.4, -0.2) is 42.7 Å². The topological polar surface area (TPSA) is 81.3 Å². The molecule has 2 rings (SSSR count). The Morgan fingerprint density at radius 3 is 2.94 bits per heavy atom. The summed E-state index contributed by atoms with van der Waals surface area (Å²) in [6.45, 7) is 2.54. The number of carbonyl (C=O) groups is 1. The average Bonchev–Trinajstić information content (AvgIpc) is 2.87. The van der Waals surface area contributed by atoms with E-state index in [4.69, 9.17) is 5.73 Å². The quantitative estimate of drug-likeness (QED) is 0.747. The van der Waals surface area contributed by atoms with E-state index in [1.165, 1.54) is 13.3 Å². The zero-order valence-corrected chi connectivity index (χ0v) is 9.80. The Balaban J connectivity index is 2.06. The van der Waals surface area contributed by atoms with E-state index in [0.717, 1.165) is 25.3 Å². The van der Waals surface area contributed by atoms with E-state index in [1.807, 2.05) is 0 Å². The van der Waals surface area contributed by atoms with Crippen molar-refractivity contribution >= 4 is 11.8 Å². The van der Waals surface area contributed by atoms with Gasteiger partial charge in [-0.05, 0) is 18.9 Å². The van der Waals surface area contributed by atoms with Crippen molar-refractivity contribution < 1.29 is 9.53 Å². The van der Waals surface area contributed by atoms with Gasteiger partial charge in [-0.3, -0.25) is 0 Å². The molecule has 6 heteroatoms. The number of rotatable bonds is 3. The lowest BCUT2D eigenvalue weighted by atomic mass is 10.1. The number of ether oxygens (including phenoxy) is 1. The van der Waals surface area contributed by atoms with Crippen LogP contribution in [0.3, 0.4) is 0 Å². The molecule has 92 valence electrons. The molecule has 0 aromatic carbocycles. The van der Waals surface area contributed by atoms with E-state index in [-0.39, 0.29) is 5.69 Å². The smallest absolute Gasteiger partial charge is 0.358 e. The fourth-order valence-corrected chi connectivity index (χ4v) is 1.93. The fraction of sp³-hybridized carbons (Fsp3) is 0.545. The maximum absolute atomic E-state index is 11.2. The summed E-state index contributed by atoms with van der Waals surface area (Å²) in [5, 5.41) is 0. The third-order valence-corrected chi connectivity index (χ3v) is 2.98. The fourth-order valence-electron chi connectivity index (χ4n) is 1.93. The van der Waals surface area contributed by atoms with Crippen LogP contribution in [0, 0.1) is 5.92 Å². The summed E-state index contributed by atoms with van der Waals surface area (Å²) in [4.78, 5) is 21.6. The number of nitrogens with zero attached hydrogens (tertiary/aromatic N) is 3. The predicted molar refractivity (Wildman–Crippen MR) is 62.7 cm³/mol. The molecule has 0 amide bonds. The molecule has 1 aromatic heterocycles. The van der Waals surface area contributed by atoms with Gasteiger partial charge in [-0.15, -0.1) is 0 Å². The number of methoxy groups -OCH3 is 1. The molecule has 6 nitrogen and oxygen atoms in total. The molecule has 0 spiro atoms. The first kappa shape index (κ1) is 11.8. The molecule has 0 bridgehead atoms. The molecule has 0 aliphatic carbocycles. The zero-order chi connectivity index (χ0) is 12.3. The molecular weight excluding hydrogens is 220 g/mol. The van der Waals surface area contributed by atoms with Gasteiger partial charge in [0.1, 0.15) is 5.82 Å². The largest absolute Gasteiger partial charge is 0.464 e. The number of nitrogens with two attached hydrogens (primary N) is 1.